The van der Waals surface area contributed by atoms with Crippen molar-refractivity contribution in [3.05, 3.63) is 41.4 Å². The van der Waals surface area contributed by atoms with Crippen molar-refractivity contribution in [1.82, 2.24) is 20.8 Å². The van der Waals surface area contributed by atoms with Crippen LogP contribution in [0.3, 0.4) is 0 Å². The van der Waals surface area contributed by atoms with E-state index in [1.807, 2.05) is 18.2 Å². The van der Waals surface area contributed by atoms with Gasteiger partial charge in [0.05, 0.1) is 19.3 Å². The number of ether oxygens (including phenoxy) is 1. The minimum Gasteiger partial charge on any atom is -0.481 e. The normalized spacial score (nSPS) is 11.6. The standard InChI is InChI=1S/C18H27N5O2/c1-5-14(6-2)16-9-15(25-23-16)12-22-18(19-3)21-11-13-7-8-17(24-4)20-10-13/h7-10,14H,5-6,11-12H2,1-4H3,(H2,19,21,22). The van der Waals surface area contributed by atoms with Gasteiger partial charge in [-0.3, -0.25) is 4.99 Å². The zero-order valence-electron chi connectivity index (χ0n) is 15.4. The molecule has 2 aromatic rings. The highest BCUT2D eigenvalue weighted by atomic mass is 16.5. The fourth-order valence-corrected chi connectivity index (χ4v) is 2.53. The SMILES string of the molecule is CCC(CC)c1cc(CNC(=NC)NCc2ccc(OC)nc2)on1. The summed E-state index contributed by atoms with van der Waals surface area (Å²) >= 11 is 0. The number of aliphatic imine (C=N–C) groups is 1. The Morgan fingerprint density at radius 3 is 2.60 bits per heavy atom. The molecule has 2 aromatic heterocycles. The number of pyridine rings is 1. The second-order valence-electron chi connectivity index (χ2n) is 5.72. The molecule has 0 bridgehead atoms. The van der Waals surface area contributed by atoms with Gasteiger partial charge in [0, 0.05) is 37.8 Å². The smallest absolute Gasteiger partial charge is 0.212 e. The lowest BCUT2D eigenvalue weighted by molar-refractivity contribution is 0.368. The average Bonchev–Trinajstić information content (AvgIpc) is 3.12. The van der Waals surface area contributed by atoms with Crippen molar-refractivity contribution in [2.75, 3.05) is 14.2 Å². The van der Waals surface area contributed by atoms with Gasteiger partial charge in [-0.15, -0.1) is 0 Å². The minimum absolute atomic E-state index is 0.456. The van der Waals surface area contributed by atoms with Crippen LogP contribution in [0.1, 0.15) is 49.6 Å². The van der Waals surface area contributed by atoms with Gasteiger partial charge >= 0.3 is 0 Å². The van der Waals surface area contributed by atoms with Gasteiger partial charge in [0.2, 0.25) is 5.88 Å². The summed E-state index contributed by atoms with van der Waals surface area (Å²) in [4.78, 5) is 8.40. The second-order valence-corrected chi connectivity index (χ2v) is 5.72. The van der Waals surface area contributed by atoms with E-state index in [-0.39, 0.29) is 0 Å². The molecule has 7 nitrogen and oxygen atoms in total. The van der Waals surface area contributed by atoms with Crippen LogP contribution < -0.4 is 15.4 Å². The maximum Gasteiger partial charge on any atom is 0.212 e. The summed E-state index contributed by atoms with van der Waals surface area (Å²) < 4.78 is 10.5. The van der Waals surface area contributed by atoms with Gasteiger partial charge in [-0.25, -0.2) is 4.98 Å². The summed E-state index contributed by atoms with van der Waals surface area (Å²) in [5.41, 5.74) is 2.06. The molecule has 0 aliphatic carbocycles. The monoisotopic (exact) mass is 345 g/mol. The zero-order valence-corrected chi connectivity index (χ0v) is 15.4. The van der Waals surface area contributed by atoms with Crippen molar-refractivity contribution < 1.29 is 9.26 Å². The molecule has 0 unspecified atom stereocenters. The van der Waals surface area contributed by atoms with Crippen molar-refractivity contribution in [3.63, 3.8) is 0 Å². The Morgan fingerprint density at radius 2 is 2.00 bits per heavy atom. The van der Waals surface area contributed by atoms with Gasteiger partial charge < -0.3 is 19.9 Å². The van der Waals surface area contributed by atoms with Crippen LogP contribution in [0.25, 0.3) is 0 Å². The van der Waals surface area contributed by atoms with Crippen molar-refractivity contribution in [2.24, 2.45) is 4.99 Å². The molecule has 2 heterocycles. The number of nitrogens with one attached hydrogen (secondary N) is 2. The van der Waals surface area contributed by atoms with Gasteiger partial charge in [-0.1, -0.05) is 25.1 Å². The molecule has 2 rings (SSSR count). The number of hydrogen-bond acceptors (Lipinski definition) is 5. The highest BCUT2D eigenvalue weighted by Gasteiger charge is 2.13. The summed E-state index contributed by atoms with van der Waals surface area (Å²) in [5, 5.41) is 10.6. The van der Waals surface area contributed by atoms with E-state index in [2.05, 4.69) is 39.6 Å². The van der Waals surface area contributed by atoms with E-state index in [0.717, 1.165) is 29.9 Å². The molecule has 0 aliphatic heterocycles. The van der Waals surface area contributed by atoms with Gasteiger partial charge in [0.15, 0.2) is 11.7 Å². The lowest BCUT2D eigenvalue weighted by Crippen LogP contribution is -2.36. The van der Waals surface area contributed by atoms with E-state index in [0.29, 0.717) is 30.8 Å². The maximum absolute atomic E-state index is 5.41. The predicted molar refractivity (Wildman–Crippen MR) is 97.7 cm³/mol. The Bertz CT molecular complexity index is 662. The van der Waals surface area contributed by atoms with Crippen LogP contribution in [-0.2, 0) is 13.1 Å². The fourth-order valence-electron chi connectivity index (χ4n) is 2.53. The topological polar surface area (TPSA) is 84.6 Å². The van der Waals surface area contributed by atoms with Crippen LogP contribution >= 0.6 is 0 Å². The fraction of sp³-hybridized carbons (Fsp3) is 0.500. The Balaban J connectivity index is 1.83. The lowest BCUT2D eigenvalue weighted by atomic mass is 9.99. The zero-order chi connectivity index (χ0) is 18.1. The molecule has 136 valence electrons. The number of hydrogen-bond donors (Lipinski definition) is 2. The largest absolute Gasteiger partial charge is 0.481 e. The minimum atomic E-state index is 0.456. The summed E-state index contributed by atoms with van der Waals surface area (Å²) in [5.74, 6) is 2.55. The van der Waals surface area contributed by atoms with Crippen LogP contribution in [0.2, 0.25) is 0 Å². The van der Waals surface area contributed by atoms with Crippen molar-refractivity contribution >= 4 is 5.96 Å². The van der Waals surface area contributed by atoms with E-state index in [1.54, 1.807) is 20.4 Å². The summed E-state index contributed by atoms with van der Waals surface area (Å²) in [6.07, 6.45) is 3.90. The van der Waals surface area contributed by atoms with E-state index < -0.39 is 0 Å². The van der Waals surface area contributed by atoms with Gasteiger partial charge in [0.1, 0.15) is 0 Å². The molecule has 0 amide bonds. The van der Waals surface area contributed by atoms with Crippen LogP contribution in [0.15, 0.2) is 33.9 Å². The van der Waals surface area contributed by atoms with Crippen LogP contribution in [0, 0.1) is 0 Å². The van der Waals surface area contributed by atoms with Gasteiger partial charge in [-0.05, 0) is 18.4 Å². The summed E-state index contributed by atoms with van der Waals surface area (Å²) in [7, 11) is 3.34. The molecule has 0 saturated carbocycles. The molecule has 0 atom stereocenters. The average molecular weight is 345 g/mol. The van der Waals surface area contributed by atoms with Crippen LogP contribution in [0.5, 0.6) is 5.88 Å². The van der Waals surface area contributed by atoms with Crippen molar-refractivity contribution in [2.45, 2.75) is 45.7 Å². The first-order valence-corrected chi connectivity index (χ1v) is 8.59. The predicted octanol–water partition coefficient (Wildman–Crippen LogP) is 2.85. The third kappa shape index (κ3) is 5.48. The summed E-state index contributed by atoms with van der Waals surface area (Å²) in [6, 6.07) is 5.82. The maximum atomic E-state index is 5.41. The number of rotatable bonds is 8. The number of nitrogens with zero attached hydrogens (tertiary/aromatic N) is 3. The molecular formula is C18H27N5O2. The van der Waals surface area contributed by atoms with E-state index in [9.17, 15) is 0 Å². The Morgan fingerprint density at radius 1 is 1.24 bits per heavy atom. The number of guanidine groups is 1. The van der Waals surface area contributed by atoms with Crippen LogP contribution in [-0.4, -0.2) is 30.3 Å². The quantitative estimate of drug-likeness (QED) is 0.565. The van der Waals surface area contributed by atoms with Gasteiger partial charge in [-0.2, -0.15) is 0 Å². The molecule has 0 aliphatic rings. The molecule has 2 N–H and O–H groups in total. The molecule has 0 radical (unpaired) electrons. The molecular weight excluding hydrogens is 318 g/mol. The molecule has 0 aromatic carbocycles. The molecule has 7 heteroatoms. The number of aromatic nitrogens is 2. The van der Waals surface area contributed by atoms with E-state index in [4.69, 9.17) is 9.26 Å². The first kappa shape index (κ1) is 18.8. The summed E-state index contributed by atoms with van der Waals surface area (Å²) in [6.45, 7) is 5.49. The molecule has 0 spiro atoms. The van der Waals surface area contributed by atoms with E-state index in [1.165, 1.54) is 0 Å². The van der Waals surface area contributed by atoms with E-state index >= 15 is 0 Å². The molecule has 25 heavy (non-hydrogen) atoms. The highest BCUT2D eigenvalue weighted by Crippen LogP contribution is 2.22. The second kappa shape index (κ2) is 9.66. The molecule has 0 fully saturated rings. The first-order valence-electron chi connectivity index (χ1n) is 8.59. The third-order valence-electron chi connectivity index (χ3n) is 4.10. The highest BCUT2D eigenvalue weighted by molar-refractivity contribution is 5.79. The Hall–Kier alpha value is -2.57. The third-order valence-corrected chi connectivity index (χ3v) is 4.10. The number of methoxy groups -OCH3 is 1. The van der Waals surface area contributed by atoms with Crippen molar-refractivity contribution in [3.8, 4) is 5.88 Å². The Kier molecular flexibility index (Phi) is 7.25. The Labute approximate surface area is 148 Å². The van der Waals surface area contributed by atoms with Crippen molar-refractivity contribution in [1.29, 1.82) is 0 Å². The van der Waals surface area contributed by atoms with Gasteiger partial charge in [0.25, 0.3) is 0 Å². The first-order chi connectivity index (χ1) is 12.2. The van der Waals surface area contributed by atoms with Crippen LogP contribution in [0.4, 0.5) is 0 Å². The molecule has 0 saturated heterocycles. The lowest BCUT2D eigenvalue weighted by Gasteiger charge is -2.10.